The zero-order valence-corrected chi connectivity index (χ0v) is 13.3. The van der Waals surface area contributed by atoms with E-state index >= 15 is 0 Å². The van der Waals surface area contributed by atoms with Crippen LogP contribution in [0, 0.1) is 6.92 Å². The van der Waals surface area contributed by atoms with Gasteiger partial charge in [0.2, 0.25) is 0 Å². The van der Waals surface area contributed by atoms with Crippen molar-refractivity contribution in [3.63, 3.8) is 0 Å². The molecule has 2 rings (SSSR count). The fourth-order valence-electron chi connectivity index (χ4n) is 1.69. The number of carbonyl (C=O) groups is 1. The van der Waals surface area contributed by atoms with Gasteiger partial charge in [-0.15, -0.1) is 0 Å². The summed E-state index contributed by atoms with van der Waals surface area (Å²) in [7, 11) is -3.92. The molecule has 0 atom stereocenters. The number of rotatable bonds is 4. The van der Waals surface area contributed by atoms with Gasteiger partial charge in [-0.1, -0.05) is 0 Å². The van der Waals surface area contributed by atoms with Gasteiger partial charge in [-0.2, -0.15) is 0 Å². The molecule has 0 fully saturated rings. The summed E-state index contributed by atoms with van der Waals surface area (Å²) in [5.41, 5.74) is 0.714. The molecule has 0 radical (unpaired) electrons. The van der Waals surface area contributed by atoms with Gasteiger partial charge in [-0.3, -0.25) is 9.71 Å². The minimum atomic E-state index is -3.92. The van der Waals surface area contributed by atoms with Gasteiger partial charge in [-0.25, -0.2) is 13.2 Å². The fourth-order valence-corrected chi connectivity index (χ4v) is 3.78. The van der Waals surface area contributed by atoms with Crippen molar-refractivity contribution in [2.75, 3.05) is 4.72 Å². The highest BCUT2D eigenvalue weighted by atomic mass is 79.9. The fraction of sp³-hybridized carbons (Fsp3) is 0.0769. The van der Waals surface area contributed by atoms with Crippen molar-refractivity contribution in [3.05, 3.63) is 52.3 Å². The normalized spacial score (nSPS) is 11.1. The van der Waals surface area contributed by atoms with E-state index in [9.17, 15) is 13.2 Å². The first-order valence-electron chi connectivity index (χ1n) is 5.77. The second-order valence-electron chi connectivity index (χ2n) is 4.26. The number of aromatic nitrogens is 1. The van der Waals surface area contributed by atoms with Crippen LogP contribution in [0.4, 0.5) is 5.69 Å². The van der Waals surface area contributed by atoms with E-state index in [2.05, 4.69) is 25.6 Å². The molecule has 2 aromatic rings. The number of halogens is 1. The molecule has 0 saturated heterocycles. The topological polar surface area (TPSA) is 96.4 Å². The molecule has 1 aromatic carbocycles. The number of pyridine rings is 1. The summed E-state index contributed by atoms with van der Waals surface area (Å²) in [6.07, 6.45) is 2.88. The lowest BCUT2D eigenvalue weighted by molar-refractivity contribution is 0.0696. The van der Waals surface area contributed by atoms with Crippen LogP contribution in [0.3, 0.4) is 0 Å². The highest BCUT2D eigenvalue weighted by Crippen LogP contribution is 2.28. The Hall–Kier alpha value is -1.93. The molecular formula is C13H11BrN2O4S. The van der Waals surface area contributed by atoms with E-state index in [1.807, 2.05) is 0 Å². The second kappa shape index (κ2) is 5.82. The summed E-state index contributed by atoms with van der Waals surface area (Å²) in [5, 5.41) is 9.04. The molecule has 0 saturated carbocycles. The molecule has 1 aromatic heterocycles. The SMILES string of the molecule is Cc1cc(C(=O)O)cc(S(=O)(=O)Nc2cccnc2)c1Br. The predicted octanol–water partition coefficient (Wildman–Crippen LogP) is 2.65. The number of aryl methyl sites for hydroxylation is 1. The van der Waals surface area contributed by atoms with Crippen LogP contribution in [0.5, 0.6) is 0 Å². The first-order chi connectivity index (χ1) is 9.81. The van der Waals surface area contributed by atoms with Crippen molar-refractivity contribution in [2.45, 2.75) is 11.8 Å². The van der Waals surface area contributed by atoms with E-state index in [1.54, 1.807) is 19.1 Å². The molecule has 0 amide bonds. The van der Waals surface area contributed by atoms with Gasteiger partial charge < -0.3 is 5.11 Å². The minimum absolute atomic E-state index is 0.0951. The maximum absolute atomic E-state index is 12.4. The van der Waals surface area contributed by atoms with Gasteiger partial charge in [0.05, 0.1) is 17.4 Å². The van der Waals surface area contributed by atoms with E-state index in [4.69, 9.17) is 5.11 Å². The van der Waals surface area contributed by atoms with E-state index in [-0.39, 0.29) is 10.5 Å². The standard InChI is InChI=1S/C13H11BrN2O4S/c1-8-5-9(13(17)18)6-11(12(8)14)21(19,20)16-10-3-2-4-15-7-10/h2-7,16H,1H3,(H,17,18). The molecule has 2 N–H and O–H groups in total. The Balaban J connectivity index is 2.52. The molecule has 8 heteroatoms. The van der Waals surface area contributed by atoms with Crippen molar-refractivity contribution in [1.29, 1.82) is 0 Å². The molecule has 0 aliphatic rings. The first kappa shape index (κ1) is 15.5. The number of sulfonamides is 1. The number of hydrogen-bond acceptors (Lipinski definition) is 4. The molecule has 6 nitrogen and oxygen atoms in total. The molecule has 110 valence electrons. The number of nitrogens with zero attached hydrogens (tertiary/aromatic N) is 1. The average Bonchev–Trinajstić information content (AvgIpc) is 2.41. The summed E-state index contributed by atoms with van der Waals surface area (Å²) < 4.78 is 27.5. The Bertz CT molecular complexity index is 791. The third kappa shape index (κ3) is 3.40. The summed E-state index contributed by atoms with van der Waals surface area (Å²) >= 11 is 3.18. The molecule has 0 spiro atoms. The molecule has 0 aliphatic carbocycles. The first-order valence-corrected chi connectivity index (χ1v) is 8.05. The lowest BCUT2D eigenvalue weighted by atomic mass is 10.1. The van der Waals surface area contributed by atoms with Crippen LogP contribution < -0.4 is 4.72 Å². The molecule has 21 heavy (non-hydrogen) atoms. The maximum atomic E-state index is 12.4. The Morgan fingerprint density at radius 2 is 2.10 bits per heavy atom. The Morgan fingerprint density at radius 1 is 1.38 bits per heavy atom. The third-order valence-electron chi connectivity index (χ3n) is 2.67. The maximum Gasteiger partial charge on any atom is 0.335 e. The average molecular weight is 371 g/mol. The monoisotopic (exact) mass is 370 g/mol. The van der Waals surface area contributed by atoms with Crippen LogP contribution in [-0.4, -0.2) is 24.5 Å². The van der Waals surface area contributed by atoms with Gasteiger partial charge in [0.15, 0.2) is 0 Å². The third-order valence-corrected chi connectivity index (χ3v) is 5.39. The van der Waals surface area contributed by atoms with Crippen LogP contribution in [0.25, 0.3) is 0 Å². The van der Waals surface area contributed by atoms with Gasteiger partial charge in [-0.05, 0) is 52.7 Å². The summed E-state index contributed by atoms with van der Waals surface area (Å²) in [6.45, 7) is 1.62. The van der Waals surface area contributed by atoms with Crippen molar-refractivity contribution in [3.8, 4) is 0 Å². The Kier molecular flexibility index (Phi) is 4.29. The molecule has 0 bridgehead atoms. The van der Waals surface area contributed by atoms with E-state index in [1.165, 1.54) is 18.5 Å². The molecule has 0 aliphatic heterocycles. The number of anilines is 1. The van der Waals surface area contributed by atoms with E-state index in [0.29, 0.717) is 15.7 Å². The summed E-state index contributed by atoms with van der Waals surface area (Å²) in [5.74, 6) is -1.19. The van der Waals surface area contributed by atoms with Gasteiger partial charge in [0, 0.05) is 10.7 Å². The van der Waals surface area contributed by atoms with Crippen LogP contribution >= 0.6 is 15.9 Å². The smallest absolute Gasteiger partial charge is 0.335 e. The van der Waals surface area contributed by atoms with Crippen molar-refractivity contribution >= 4 is 37.6 Å². The second-order valence-corrected chi connectivity index (χ2v) is 6.70. The molecule has 0 unspecified atom stereocenters. The number of aromatic carboxylic acids is 1. The van der Waals surface area contributed by atoms with Crippen LogP contribution in [0.1, 0.15) is 15.9 Å². The molecular weight excluding hydrogens is 360 g/mol. The van der Waals surface area contributed by atoms with E-state index in [0.717, 1.165) is 6.07 Å². The highest BCUT2D eigenvalue weighted by molar-refractivity contribution is 9.10. The largest absolute Gasteiger partial charge is 0.478 e. The molecule has 1 heterocycles. The number of carboxylic acids is 1. The van der Waals surface area contributed by atoms with Crippen molar-refractivity contribution < 1.29 is 18.3 Å². The van der Waals surface area contributed by atoms with Crippen molar-refractivity contribution in [1.82, 2.24) is 4.98 Å². The highest BCUT2D eigenvalue weighted by Gasteiger charge is 2.21. The van der Waals surface area contributed by atoms with Gasteiger partial charge in [0.25, 0.3) is 10.0 Å². The quantitative estimate of drug-likeness (QED) is 0.862. The number of nitrogens with one attached hydrogen (secondary N) is 1. The zero-order valence-electron chi connectivity index (χ0n) is 10.9. The van der Waals surface area contributed by atoms with Crippen LogP contribution in [0.15, 0.2) is 46.0 Å². The van der Waals surface area contributed by atoms with Gasteiger partial charge in [0.1, 0.15) is 4.90 Å². The Morgan fingerprint density at radius 3 is 2.67 bits per heavy atom. The lowest BCUT2D eigenvalue weighted by Crippen LogP contribution is -2.15. The number of benzene rings is 1. The zero-order chi connectivity index (χ0) is 15.6. The lowest BCUT2D eigenvalue weighted by Gasteiger charge is -2.12. The number of carboxylic acid groups (broad SMARTS) is 1. The van der Waals surface area contributed by atoms with Gasteiger partial charge >= 0.3 is 5.97 Å². The van der Waals surface area contributed by atoms with E-state index < -0.39 is 16.0 Å². The number of hydrogen-bond donors (Lipinski definition) is 2. The van der Waals surface area contributed by atoms with Crippen molar-refractivity contribution in [2.24, 2.45) is 0 Å². The summed E-state index contributed by atoms with van der Waals surface area (Å²) in [6, 6.07) is 5.64. The van der Waals surface area contributed by atoms with Crippen LogP contribution in [0.2, 0.25) is 0 Å². The summed E-state index contributed by atoms with van der Waals surface area (Å²) in [4.78, 5) is 14.7. The van der Waals surface area contributed by atoms with Crippen LogP contribution in [-0.2, 0) is 10.0 Å². The minimum Gasteiger partial charge on any atom is -0.478 e. The Labute approximate surface area is 130 Å². The predicted molar refractivity (Wildman–Crippen MR) is 80.9 cm³/mol.